The van der Waals surface area contributed by atoms with Crippen LogP contribution in [0.25, 0.3) is 0 Å². The van der Waals surface area contributed by atoms with E-state index in [0.717, 1.165) is 10.0 Å². The Morgan fingerprint density at radius 2 is 2.14 bits per heavy atom. The highest BCUT2D eigenvalue weighted by Crippen LogP contribution is 2.27. The van der Waals surface area contributed by atoms with Gasteiger partial charge in [-0.3, -0.25) is 4.79 Å². The van der Waals surface area contributed by atoms with Gasteiger partial charge in [0.1, 0.15) is 5.03 Å². The predicted octanol–water partition coefficient (Wildman–Crippen LogP) is 4.72. The van der Waals surface area contributed by atoms with Crippen molar-refractivity contribution in [2.45, 2.75) is 17.7 Å². The summed E-state index contributed by atoms with van der Waals surface area (Å²) in [6, 6.07) is 8.34. The molecule has 1 N–H and O–H groups in total. The largest absolute Gasteiger partial charge is 0.322 e. The van der Waals surface area contributed by atoms with E-state index in [0.29, 0.717) is 5.69 Å². The van der Waals surface area contributed by atoms with Crippen molar-refractivity contribution in [3.8, 4) is 0 Å². The first-order chi connectivity index (χ1) is 9.97. The number of benzene rings is 1. The molecule has 7 heteroatoms. The zero-order chi connectivity index (χ0) is 15.4. The number of aromatic nitrogens is 1. The standard InChI is InChI=1S/C14H11BrF2N2OS/c1-8-7-9(4-5-11(8)15)19-12(20)10-3-2-6-18-13(10)21-14(16)17/h2-7,14H,1H3,(H,19,20). The molecule has 1 aromatic heterocycles. The Labute approximate surface area is 133 Å². The molecule has 0 radical (unpaired) electrons. The maximum Gasteiger partial charge on any atom is 0.290 e. The van der Waals surface area contributed by atoms with Gasteiger partial charge < -0.3 is 5.32 Å². The van der Waals surface area contributed by atoms with Crippen molar-refractivity contribution in [2.24, 2.45) is 0 Å². The van der Waals surface area contributed by atoms with Crippen LogP contribution in [0.5, 0.6) is 0 Å². The molecule has 2 rings (SSSR count). The third kappa shape index (κ3) is 4.25. The van der Waals surface area contributed by atoms with Crippen LogP contribution in [0.3, 0.4) is 0 Å². The predicted molar refractivity (Wildman–Crippen MR) is 82.9 cm³/mol. The van der Waals surface area contributed by atoms with Gasteiger partial charge in [0.25, 0.3) is 11.7 Å². The number of hydrogen-bond acceptors (Lipinski definition) is 3. The third-order valence-corrected chi connectivity index (χ3v) is 4.25. The van der Waals surface area contributed by atoms with Crippen LogP contribution in [0.2, 0.25) is 0 Å². The van der Waals surface area contributed by atoms with Crippen LogP contribution in [-0.2, 0) is 0 Å². The molecule has 110 valence electrons. The van der Waals surface area contributed by atoms with E-state index in [2.05, 4.69) is 26.2 Å². The fourth-order valence-corrected chi connectivity index (χ4v) is 2.49. The average molecular weight is 373 g/mol. The first kappa shape index (κ1) is 15.9. The number of rotatable bonds is 4. The van der Waals surface area contributed by atoms with Crippen LogP contribution in [0.4, 0.5) is 14.5 Å². The second kappa shape index (κ2) is 7.00. The van der Waals surface area contributed by atoms with Crippen molar-refractivity contribution in [1.29, 1.82) is 0 Å². The zero-order valence-electron chi connectivity index (χ0n) is 10.9. The fourth-order valence-electron chi connectivity index (χ4n) is 1.66. The molecule has 0 spiro atoms. The fraction of sp³-hybridized carbons (Fsp3) is 0.143. The van der Waals surface area contributed by atoms with Gasteiger partial charge in [0.2, 0.25) is 0 Å². The van der Waals surface area contributed by atoms with E-state index in [1.165, 1.54) is 18.3 Å². The average Bonchev–Trinajstić information content (AvgIpc) is 2.43. The van der Waals surface area contributed by atoms with E-state index in [9.17, 15) is 13.6 Å². The summed E-state index contributed by atoms with van der Waals surface area (Å²) < 4.78 is 25.9. The number of halogens is 3. The Bertz CT molecular complexity index is 667. The van der Waals surface area contributed by atoms with Gasteiger partial charge in [-0.15, -0.1) is 0 Å². The molecule has 0 fully saturated rings. The molecular formula is C14H11BrF2N2OS. The zero-order valence-corrected chi connectivity index (χ0v) is 13.3. The lowest BCUT2D eigenvalue weighted by Crippen LogP contribution is -2.14. The molecule has 21 heavy (non-hydrogen) atoms. The van der Waals surface area contributed by atoms with Crippen LogP contribution < -0.4 is 5.32 Å². The minimum atomic E-state index is -2.62. The molecule has 0 aliphatic heterocycles. The Balaban J connectivity index is 2.22. The summed E-state index contributed by atoms with van der Waals surface area (Å²) >= 11 is 3.63. The number of hydrogen-bond donors (Lipinski definition) is 1. The second-order valence-electron chi connectivity index (χ2n) is 4.15. The summed E-state index contributed by atoms with van der Waals surface area (Å²) in [6.45, 7) is 1.89. The first-order valence-electron chi connectivity index (χ1n) is 5.94. The molecule has 0 saturated carbocycles. The van der Waals surface area contributed by atoms with E-state index in [1.807, 2.05) is 13.0 Å². The van der Waals surface area contributed by atoms with Gasteiger partial charge in [0.15, 0.2) is 0 Å². The highest BCUT2D eigenvalue weighted by atomic mass is 79.9. The van der Waals surface area contributed by atoms with E-state index in [1.54, 1.807) is 12.1 Å². The van der Waals surface area contributed by atoms with Crippen molar-refractivity contribution in [1.82, 2.24) is 4.98 Å². The number of aryl methyl sites for hydroxylation is 1. The van der Waals surface area contributed by atoms with Gasteiger partial charge in [-0.25, -0.2) is 4.98 Å². The van der Waals surface area contributed by atoms with Crippen molar-refractivity contribution < 1.29 is 13.6 Å². The van der Waals surface area contributed by atoms with Crippen LogP contribution in [0.1, 0.15) is 15.9 Å². The third-order valence-electron chi connectivity index (χ3n) is 2.63. The lowest BCUT2D eigenvalue weighted by molar-refractivity contribution is 0.102. The van der Waals surface area contributed by atoms with Crippen molar-refractivity contribution in [3.05, 3.63) is 52.1 Å². The first-order valence-corrected chi connectivity index (χ1v) is 7.62. The summed E-state index contributed by atoms with van der Waals surface area (Å²) in [5.74, 6) is -3.09. The molecule has 2 aromatic rings. The normalized spacial score (nSPS) is 10.7. The monoisotopic (exact) mass is 372 g/mol. The van der Waals surface area contributed by atoms with Crippen LogP contribution in [-0.4, -0.2) is 16.6 Å². The van der Waals surface area contributed by atoms with Gasteiger partial charge in [-0.2, -0.15) is 8.78 Å². The lowest BCUT2D eigenvalue weighted by atomic mass is 10.2. The number of amides is 1. The molecule has 0 atom stereocenters. The number of carbonyl (C=O) groups excluding carboxylic acids is 1. The number of carbonyl (C=O) groups is 1. The number of thioether (sulfide) groups is 1. The molecule has 3 nitrogen and oxygen atoms in total. The number of nitrogens with zero attached hydrogens (tertiary/aromatic N) is 1. The molecular weight excluding hydrogens is 362 g/mol. The van der Waals surface area contributed by atoms with Crippen molar-refractivity contribution in [3.63, 3.8) is 0 Å². The number of alkyl halides is 2. The number of anilines is 1. The van der Waals surface area contributed by atoms with Crippen molar-refractivity contribution >= 4 is 39.3 Å². The minimum Gasteiger partial charge on any atom is -0.322 e. The van der Waals surface area contributed by atoms with Gasteiger partial charge in [0.05, 0.1) is 5.56 Å². The van der Waals surface area contributed by atoms with Crippen molar-refractivity contribution in [2.75, 3.05) is 5.32 Å². The quantitative estimate of drug-likeness (QED) is 0.789. The highest BCUT2D eigenvalue weighted by Gasteiger charge is 2.16. The maximum atomic E-state index is 12.5. The molecule has 1 amide bonds. The Kier molecular flexibility index (Phi) is 5.30. The summed E-state index contributed by atoms with van der Waals surface area (Å²) in [5, 5.41) is 2.69. The molecule has 0 aliphatic carbocycles. The minimum absolute atomic E-state index is 0.0128. The van der Waals surface area contributed by atoms with Gasteiger partial charge >= 0.3 is 0 Å². The van der Waals surface area contributed by atoms with Crippen LogP contribution in [0, 0.1) is 6.92 Å². The number of pyridine rings is 1. The second-order valence-corrected chi connectivity index (χ2v) is 5.99. The summed E-state index contributed by atoms with van der Waals surface area (Å²) in [7, 11) is 0. The molecule has 0 bridgehead atoms. The van der Waals surface area contributed by atoms with E-state index in [-0.39, 0.29) is 22.4 Å². The van der Waals surface area contributed by atoms with E-state index >= 15 is 0 Å². The van der Waals surface area contributed by atoms with E-state index < -0.39 is 11.7 Å². The lowest BCUT2D eigenvalue weighted by Gasteiger charge is -2.09. The highest BCUT2D eigenvalue weighted by molar-refractivity contribution is 9.10. The summed E-state index contributed by atoms with van der Waals surface area (Å²) in [5.41, 5.74) is 1.68. The van der Waals surface area contributed by atoms with Crippen LogP contribution >= 0.6 is 27.7 Å². The van der Waals surface area contributed by atoms with Gasteiger partial charge in [-0.05, 0) is 54.6 Å². The summed E-state index contributed by atoms with van der Waals surface area (Å²) in [6.07, 6.45) is 1.38. The number of nitrogens with one attached hydrogen (secondary N) is 1. The molecule has 0 aliphatic rings. The van der Waals surface area contributed by atoms with Crippen LogP contribution in [0.15, 0.2) is 46.0 Å². The topological polar surface area (TPSA) is 42.0 Å². The maximum absolute atomic E-state index is 12.5. The SMILES string of the molecule is Cc1cc(NC(=O)c2cccnc2SC(F)F)ccc1Br. The Morgan fingerprint density at radius 3 is 2.81 bits per heavy atom. The Morgan fingerprint density at radius 1 is 1.38 bits per heavy atom. The molecule has 0 saturated heterocycles. The molecule has 0 unspecified atom stereocenters. The smallest absolute Gasteiger partial charge is 0.290 e. The molecule has 1 heterocycles. The summed E-state index contributed by atoms with van der Waals surface area (Å²) in [4.78, 5) is 16.0. The molecule has 1 aromatic carbocycles. The van der Waals surface area contributed by atoms with Gasteiger partial charge in [-0.1, -0.05) is 15.9 Å². The van der Waals surface area contributed by atoms with Gasteiger partial charge in [0, 0.05) is 16.4 Å². The van der Waals surface area contributed by atoms with E-state index in [4.69, 9.17) is 0 Å². The Hall–Kier alpha value is -1.47.